The van der Waals surface area contributed by atoms with Crippen molar-refractivity contribution in [1.82, 2.24) is 19.8 Å². The monoisotopic (exact) mass is 372 g/mol. The van der Waals surface area contributed by atoms with Gasteiger partial charge in [-0.3, -0.25) is 9.48 Å². The topological polar surface area (TPSA) is 64.2 Å². The van der Waals surface area contributed by atoms with Crippen LogP contribution in [0, 0.1) is 18.6 Å². The highest BCUT2D eigenvalue weighted by atomic mass is 19.2. The van der Waals surface area contributed by atoms with E-state index in [1.54, 1.807) is 15.6 Å². The van der Waals surface area contributed by atoms with E-state index in [0.717, 1.165) is 23.4 Å². The molecule has 0 atom stereocenters. The highest BCUT2D eigenvalue weighted by molar-refractivity contribution is 5.93. The Morgan fingerprint density at radius 1 is 1.26 bits per heavy atom. The number of carbonyl (C=O) groups is 1. The molecule has 0 N–H and O–H groups in total. The van der Waals surface area contributed by atoms with Crippen LogP contribution in [0.15, 0.2) is 28.8 Å². The van der Waals surface area contributed by atoms with Crippen molar-refractivity contribution in [1.29, 1.82) is 0 Å². The van der Waals surface area contributed by atoms with Gasteiger partial charge in [-0.15, -0.1) is 0 Å². The molecule has 6 nitrogen and oxygen atoms in total. The van der Waals surface area contributed by atoms with Crippen molar-refractivity contribution < 1.29 is 18.1 Å². The second kappa shape index (κ2) is 6.61. The second-order valence-electron chi connectivity index (χ2n) is 6.53. The fraction of sp³-hybridized carbons (Fsp3) is 0.316. The molecule has 0 saturated heterocycles. The van der Waals surface area contributed by atoms with E-state index in [1.807, 2.05) is 13.8 Å². The Morgan fingerprint density at radius 2 is 2.07 bits per heavy atom. The minimum absolute atomic E-state index is 0.125. The average Bonchev–Trinajstić information content (AvgIpc) is 3.26. The van der Waals surface area contributed by atoms with E-state index >= 15 is 0 Å². The highest BCUT2D eigenvalue weighted by Gasteiger charge is 2.29. The van der Waals surface area contributed by atoms with E-state index < -0.39 is 11.6 Å². The van der Waals surface area contributed by atoms with Crippen LogP contribution in [0.25, 0.3) is 11.3 Å². The fourth-order valence-electron chi connectivity index (χ4n) is 3.37. The van der Waals surface area contributed by atoms with Gasteiger partial charge in [0.05, 0.1) is 12.2 Å². The molecule has 0 radical (unpaired) electrons. The maximum Gasteiger partial charge on any atom is 0.272 e. The number of rotatable bonds is 3. The SMILES string of the molecule is CCn1nc(C)cc1C(=O)N1CCc2onc(-c3ccc(F)c(F)c3)c2C1. The molecule has 0 spiro atoms. The van der Waals surface area contributed by atoms with Crippen LogP contribution in [0.5, 0.6) is 0 Å². The van der Waals surface area contributed by atoms with E-state index in [9.17, 15) is 13.6 Å². The minimum atomic E-state index is -0.949. The summed E-state index contributed by atoms with van der Waals surface area (Å²) in [6.07, 6.45) is 0.511. The summed E-state index contributed by atoms with van der Waals surface area (Å²) in [7, 11) is 0. The summed E-state index contributed by atoms with van der Waals surface area (Å²) < 4.78 is 33.9. The molecule has 1 aliphatic heterocycles. The number of benzene rings is 1. The van der Waals surface area contributed by atoms with Crippen molar-refractivity contribution in [3.05, 3.63) is 58.6 Å². The summed E-state index contributed by atoms with van der Waals surface area (Å²) in [5.74, 6) is -1.33. The van der Waals surface area contributed by atoms with Crippen molar-refractivity contribution in [3.63, 3.8) is 0 Å². The summed E-state index contributed by atoms with van der Waals surface area (Å²) in [5.41, 5.74) is 2.89. The quantitative estimate of drug-likeness (QED) is 0.707. The molecule has 3 heterocycles. The molecule has 0 saturated carbocycles. The number of fused-ring (bicyclic) bond motifs is 1. The van der Waals surface area contributed by atoms with Gasteiger partial charge in [0.2, 0.25) is 0 Å². The van der Waals surface area contributed by atoms with Crippen LogP contribution in [-0.4, -0.2) is 32.3 Å². The van der Waals surface area contributed by atoms with Crippen molar-refractivity contribution in [2.75, 3.05) is 6.54 Å². The van der Waals surface area contributed by atoms with Crippen molar-refractivity contribution >= 4 is 5.91 Å². The molecule has 2 aromatic heterocycles. The van der Waals surface area contributed by atoms with Crippen LogP contribution in [0.3, 0.4) is 0 Å². The van der Waals surface area contributed by atoms with E-state index in [2.05, 4.69) is 10.3 Å². The van der Waals surface area contributed by atoms with Crippen LogP contribution < -0.4 is 0 Å². The lowest BCUT2D eigenvalue weighted by molar-refractivity contribution is 0.0716. The number of halogens is 2. The van der Waals surface area contributed by atoms with Gasteiger partial charge < -0.3 is 9.42 Å². The van der Waals surface area contributed by atoms with Gasteiger partial charge in [0.25, 0.3) is 5.91 Å². The molecule has 0 unspecified atom stereocenters. The molecule has 3 aromatic rings. The summed E-state index contributed by atoms with van der Waals surface area (Å²) in [6.45, 7) is 5.16. The molecular weight excluding hydrogens is 354 g/mol. The van der Waals surface area contributed by atoms with Gasteiger partial charge >= 0.3 is 0 Å². The maximum atomic E-state index is 13.6. The highest BCUT2D eigenvalue weighted by Crippen LogP contribution is 2.31. The molecule has 1 aromatic carbocycles. The first-order valence-corrected chi connectivity index (χ1v) is 8.74. The van der Waals surface area contributed by atoms with Gasteiger partial charge in [0.1, 0.15) is 17.1 Å². The molecule has 0 aliphatic carbocycles. The third kappa shape index (κ3) is 3.01. The molecule has 0 fully saturated rings. The van der Waals surface area contributed by atoms with Crippen LogP contribution in [0.4, 0.5) is 8.78 Å². The second-order valence-corrected chi connectivity index (χ2v) is 6.53. The summed E-state index contributed by atoms with van der Waals surface area (Å²) in [5, 5.41) is 8.35. The normalized spacial score (nSPS) is 13.7. The maximum absolute atomic E-state index is 13.6. The summed E-state index contributed by atoms with van der Waals surface area (Å²) >= 11 is 0. The van der Waals surface area contributed by atoms with Crippen molar-refractivity contribution in [3.8, 4) is 11.3 Å². The Labute approximate surface area is 154 Å². The van der Waals surface area contributed by atoms with Gasteiger partial charge in [0, 0.05) is 30.6 Å². The zero-order chi connectivity index (χ0) is 19.1. The number of amides is 1. The molecule has 4 rings (SSSR count). The Bertz CT molecular complexity index is 1020. The van der Waals surface area contributed by atoms with Gasteiger partial charge in [0.15, 0.2) is 11.6 Å². The van der Waals surface area contributed by atoms with E-state index in [4.69, 9.17) is 4.52 Å². The lowest BCUT2D eigenvalue weighted by atomic mass is 10.0. The summed E-state index contributed by atoms with van der Waals surface area (Å²) in [4.78, 5) is 14.7. The largest absolute Gasteiger partial charge is 0.360 e. The Balaban J connectivity index is 1.65. The van der Waals surface area contributed by atoms with Crippen LogP contribution >= 0.6 is 0 Å². The summed E-state index contributed by atoms with van der Waals surface area (Å²) in [6, 6.07) is 5.36. The molecule has 1 amide bonds. The van der Waals surface area contributed by atoms with Crippen molar-refractivity contribution in [2.45, 2.75) is 33.4 Å². The Hall–Kier alpha value is -3.03. The fourth-order valence-corrected chi connectivity index (χ4v) is 3.37. The first-order valence-electron chi connectivity index (χ1n) is 8.74. The number of aryl methyl sites for hydroxylation is 2. The predicted molar refractivity (Wildman–Crippen MR) is 92.9 cm³/mol. The molecule has 1 aliphatic rings. The number of nitrogens with zero attached hydrogens (tertiary/aromatic N) is 4. The first kappa shape index (κ1) is 17.4. The number of carbonyl (C=O) groups excluding carboxylic acids is 1. The van der Waals surface area contributed by atoms with Crippen molar-refractivity contribution in [2.24, 2.45) is 0 Å². The third-order valence-corrected chi connectivity index (χ3v) is 4.73. The third-order valence-electron chi connectivity index (χ3n) is 4.73. The molecular formula is C19H18F2N4O2. The van der Waals surface area contributed by atoms with Gasteiger partial charge in [-0.2, -0.15) is 5.10 Å². The first-order chi connectivity index (χ1) is 13.0. The van der Waals surface area contributed by atoms with Gasteiger partial charge in [-0.25, -0.2) is 8.78 Å². The number of hydrogen-bond donors (Lipinski definition) is 0. The standard InChI is InChI=1S/C19H18F2N4O2/c1-3-25-16(8-11(2)22-25)19(26)24-7-6-17-13(10-24)18(23-27-17)12-4-5-14(20)15(21)9-12/h4-5,8-9H,3,6-7,10H2,1-2H3. The Kier molecular flexibility index (Phi) is 4.25. The lowest BCUT2D eigenvalue weighted by Crippen LogP contribution is -2.36. The predicted octanol–water partition coefficient (Wildman–Crippen LogP) is 3.34. The average molecular weight is 372 g/mol. The molecule has 140 valence electrons. The van der Waals surface area contributed by atoms with Crippen LogP contribution in [0.2, 0.25) is 0 Å². The Morgan fingerprint density at radius 3 is 2.81 bits per heavy atom. The molecule has 0 bridgehead atoms. The van der Waals surface area contributed by atoms with E-state index in [-0.39, 0.29) is 5.91 Å². The van der Waals surface area contributed by atoms with E-state index in [1.165, 1.54) is 6.07 Å². The minimum Gasteiger partial charge on any atom is -0.360 e. The zero-order valence-electron chi connectivity index (χ0n) is 15.0. The van der Waals surface area contributed by atoms with Crippen LogP contribution in [-0.2, 0) is 19.5 Å². The number of hydrogen-bond acceptors (Lipinski definition) is 4. The smallest absolute Gasteiger partial charge is 0.272 e. The van der Waals surface area contributed by atoms with Crippen LogP contribution in [0.1, 0.15) is 34.4 Å². The zero-order valence-corrected chi connectivity index (χ0v) is 15.0. The molecule has 8 heteroatoms. The lowest BCUT2D eigenvalue weighted by Gasteiger charge is -2.26. The van der Waals surface area contributed by atoms with E-state index in [0.29, 0.717) is 48.8 Å². The number of aromatic nitrogens is 3. The molecule has 27 heavy (non-hydrogen) atoms. The van der Waals surface area contributed by atoms with Gasteiger partial charge in [-0.1, -0.05) is 5.16 Å². The van der Waals surface area contributed by atoms with Gasteiger partial charge in [-0.05, 0) is 38.1 Å².